The maximum atomic E-state index is 12.4. The molecule has 0 spiro atoms. The molecule has 134 valence electrons. The summed E-state index contributed by atoms with van der Waals surface area (Å²) in [6, 6.07) is 1.95. The highest BCUT2D eigenvalue weighted by molar-refractivity contribution is 7.99. The van der Waals surface area contributed by atoms with E-state index in [1.165, 1.54) is 11.8 Å². The van der Waals surface area contributed by atoms with Crippen LogP contribution in [-0.2, 0) is 14.3 Å². The molecule has 4 heterocycles. The molecule has 25 heavy (non-hydrogen) atoms. The van der Waals surface area contributed by atoms with E-state index in [1.807, 2.05) is 16.9 Å². The molecule has 0 unspecified atom stereocenters. The molecule has 0 N–H and O–H groups in total. The Bertz CT molecular complexity index is 705. The van der Waals surface area contributed by atoms with Crippen molar-refractivity contribution in [1.82, 2.24) is 24.9 Å². The minimum atomic E-state index is -0.0971. The Kier molecular flexibility index (Phi) is 4.73. The number of fused-ring (bicyclic) bond motifs is 1. The second-order valence-corrected chi connectivity index (χ2v) is 6.98. The van der Waals surface area contributed by atoms with Gasteiger partial charge < -0.3 is 18.8 Å². The number of hydrogen-bond acceptors (Lipinski definition) is 8. The van der Waals surface area contributed by atoms with Gasteiger partial charge in [0.05, 0.1) is 25.0 Å². The van der Waals surface area contributed by atoms with Crippen LogP contribution in [0.5, 0.6) is 0 Å². The predicted octanol–water partition coefficient (Wildman–Crippen LogP) is 0.534. The molecule has 0 bridgehead atoms. The normalized spacial score (nSPS) is 24.3. The molecular formula is C15H19N5O4S. The first kappa shape index (κ1) is 16.6. The number of carbonyl (C=O) groups excluding carboxylic acids is 1. The molecule has 2 aromatic heterocycles. The fourth-order valence-corrected chi connectivity index (χ4v) is 3.69. The number of amides is 1. The number of hydrogen-bond donors (Lipinski definition) is 0. The lowest BCUT2D eigenvalue weighted by Crippen LogP contribution is -2.32. The van der Waals surface area contributed by atoms with Gasteiger partial charge in [-0.1, -0.05) is 11.8 Å². The highest BCUT2D eigenvalue weighted by atomic mass is 32.2. The minimum Gasteiger partial charge on any atom is -0.416 e. The van der Waals surface area contributed by atoms with E-state index in [1.54, 1.807) is 18.0 Å². The summed E-state index contributed by atoms with van der Waals surface area (Å²) in [4.78, 5) is 14.2. The lowest BCUT2D eigenvalue weighted by Gasteiger charge is -2.18. The van der Waals surface area contributed by atoms with Crippen LogP contribution >= 0.6 is 11.8 Å². The zero-order valence-electron chi connectivity index (χ0n) is 13.8. The largest absolute Gasteiger partial charge is 0.416 e. The van der Waals surface area contributed by atoms with Gasteiger partial charge in [0.25, 0.3) is 5.22 Å². The van der Waals surface area contributed by atoms with Crippen molar-refractivity contribution < 1.29 is 18.7 Å². The maximum absolute atomic E-state index is 12.4. The van der Waals surface area contributed by atoms with Crippen LogP contribution < -0.4 is 0 Å². The van der Waals surface area contributed by atoms with Crippen molar-refractivity contribution >= 4 is 17.7 Å². The Balaban J connectivity index is 1.29. The van der Waals surface area contributed by atoms with Crippen LogP contribution in [0, 0.1) is 6.92 Å². The Morgan fingerprint density at radius 3 is 2.64 bits per heavy atom. The van der Waals surface area contributed by atoms with Gasteiger partial charge in [0.2, 0.25) is 11.8 Å². The number of ether oxygens (including phenoxy) is 2. The molecule has 4 rings (SSSR count). The van der Waals surface area contributed by atoms with Crippen molar-refractivity contribution in [3.8, 4) is 0 Å². The number of aryl methyl sites for hydroxylation is 1. The molecule has 10 heteroatoms. The molecule has 2 atom stereocenters. The summed E-state index contributed by atoms with van der Waals surface area (Å²) in [6.07, 6.45) is 3.46. The van der Waals surface area contributed by atoms with Crippen LogP contribution in [0.2, 0.25) is 0 Å². The van der Waals surface area contributed by atoms with Crippen LogP contribution in [0.4, 0.5) is 0 Å². The van der Waals surface area contributed by atoms with E-state index in [9.17, 15) is 4.79 Å². The molecule has 1 amide bonds. The van der Waals surface area contributed by atoms with Crippen LogP contribution in [-0.4, -0.2) is 75.0 Å². The summed E-state index contributed by atoms with van der Waals surface area (Å²) < 4.78 is 19.1. The molecule has 2 fully saturated rings. The molecule has 2 aromatic rings. The molecule has 0 saturated carbocycles. The monoisotopic (exact) mass is 365 g/mol. The quantitative estimate of drug-likeness (QED) is 0.724. The Labute approximate surface area is 148 Å². The number of likely N-dealkylation sites (tertiary alicyclic amines) is 1. The highest BCUT2D eigenvalue weighted by Gasteiger charge is 2.39. The first-order valence-corrected chi connectivity index (χ1v) is 9.10. The first-order valence-electron chi connectivity index (χ1n) is 8.12. The third kappa shape index (κ3) is 3.70. The Hall–Kier alpha value is -1.91. The van der Waals surface area contributed by atoms with E-state index < -0.39 is 0 Å². The second-order valence-electron chi connectivity index (χ2n) is 6.06. The van der Waals surface area contributed by atoms with Gasteiger partial charge in [0.1, 0.15) is 12.2 Å². The molecule has 2 aliphatic rings. The summed E-state index contributed by atoms with van der Waals surface area (Å²) in [5.74, 6) is 0.772. The van der Waals surface area contributed by atoms with Gasteiger partial charge in [-0.2, -0.15) is 5.10 Å². The van der Waals surface area contributed by atoms with Gasteiger partial charge in [0, 0.05) is 32.4 Å². The van der Waals surface area contributed by atoms with E-state index in [0.29, 0.717) is 37.4 Å². The number of rotatable bonds is 4. The maximum Gasteiger partial charge on any atom is 0.277 e. The standard InChI is InChI=1S/C15H19N5O4S/c1-10-17-18-15(24-10)25-9-14(21)19-5-12-13(6-19)23-8-11(7-22-12)20-4-2-3-16-20/h2-4,11-13H,5-9H2,1H3/t12-,13-/m0/s1. The zero-order chi connectivity index (χ0) is 17.2. The van der Waals surface area contributed by atoms with Crippen molar-refractivity contribution in [1.29, 1.82) is 0 Å². The van der Waals surface area contributed by atoms with Crippen LogP contribution in [0.25, 0.3) is 0 Å². The van der Waals surface area contributed by atoms with Gasteiger partial charge >= 0.3 is 0 Å². The smallest absolute Gasteiger partial charge is 0.277 e. The average Bonchev–Trinajstić information content (AvgIpc) is 3.33. The summed E-state index contributed by atoms with van der Waals surface area (Å²) in [7, 11) is 0. The van der Waals surface area contributed by atoms with Crippen molar-refractivity contribution in [2.75, 3.05) is 32.1 Å². The first-order chi connectivity index (χ1) is 12.2. The third-order valence-corrected chi connectivity index (χ3v) is 5.10. The van der Waals surface area contributed by atoms with E-state index in [2.05, 4.69) is 15.3 Å². The summed E-state index contributed by atoms with van der Waals surface area (Å²) in [5, 5.41) is 12.3. The van der Waals surface area contributed by atoms with E-state index in [-0.39, 0.29) is 29.9 Å². The zero-order valence-corrected chi connectivity index (χ0v) is 14.6. The van der Waals surface area contributed by atoms with E-state index >= 15 is 0 Å². The van der Waals surface area contributed by atoms with Gasteiger partial charge in [-0.25, -0.2) is 0 Å². The predicted molar refractivity (Wildman–Crippen MR) is 87.1 cm³/mol. The van der Waals surface area contributed by atoms with Gasteiger partial charge in [-0.3, -0.25) is 9.48 Å². The van der Waals surface area contributed by atoms with Crippen molar-refractivity contribution in [3.05, 3.63) is 24.4 Å². The second kappa shape index (κ2) is 7.14. The highest BCUT2D eigenvalue weighted by Crippen LogP contribution is 2.25. The SMILES string of the molecule is Cc1nnc(SCC(=O)N2C[C@@H]3OCC(n4cccn4)CO[C@H]3C2)o1. The van der Waals surface area contributed by atoms with Crippen LogP contribution in [0.1, 0.15) is 11.9 Å². The van der Waals surface area contributed by atoms with Gasteiger partial charge in [0.15, 0.2) is 0 Å². The van der Waals surface area contributed by atoms with Crippen LogP contribution in [0.3, 0.4) is 0 Å². The topological polar surface area (TPSA) is 95.5 Å². The van der Waals surface area contributed by atoms with E-state index in [4.69, 9.17) is 13.9 Å². The fourth-order valence-electron chi connectivity index (χ4n) is 2.99. The number of thioether (sulfide) groups is 1. The van der Waals surface area contributed by atoms with Crippen molar-refractivity contribution in [2.45, 2.75) is 30.4 Å². The molecule has 2 aliphatic heterocycles. The van der Waals surface area contributed by atoms with Crippen molar-refractivity contribution in [2.24, 2.45) is 0 Å². The summed E-state index contributed by atoms with van der Waals surface area (Å²) >= 11 is 1.25. The Morgan fingerprint density at radius 2 is 2.04 bits per heavy atom. The van der Waals surface area contributed by atoms with Crippen molar-refractivity contribution in [3.63, 3.8) is 0 Å². The molecule has 0 radical (unpaired) electrons. The number of aromatic nitrogens is 4. The molecule has 0 aliphatic carbocycles. The van der Waals surface area contributed by atoms with Crippen LogP contribution in [0.15, 0.2) is 28.1 Å². The van der Waals surface area contributed by atoms with Gasteiger partial charge in [-0.05, 0) is 6.07 Å². The van der Waals surface area contributed by atoms with E-state index in [0.717, 1.165) is 0 Å². The number of nitrogens with zero attached hydrogens (tertiary/aromatic N) is 5. The lowest BCUT2D eigenvalue weighted by molar-refractivity contribution is -0.128. The summed E-state index contributed by atoms with van der Waals surface area (Å²) in [6.45, 7) is 3.86. The average molecular weight is 365 g/mol. The molecule has 2 saturated heterocycles. The molecule has 0 aromatic carbocycles. The van der Waals surface area contributed by atoms with Gasteiger partial charge in [-0.15, -0.1) is 10.2 Å². The summed E-state index contributed by atoms with van der Waals surface area (Å²) in [5.41, 5.74) is 0. The Morgan fingerprint density at radius 1 is 1.28 bits per heavy atom. The minimum absolute atomic E-state index is 0.0183. The number of carbonyl (C=O) groups is 1. The molecule has 9 nitrogen and oxygen atoms in total. The lowest BCUT2D eigenvalue weighted by atomic mass is 10.3. The third-order valence-electron chi connectivity index (χ3n) is 4.30. The fraction of sp³-hybridized carbons (Fsp3) is 0.600. The molecular weight excluding hydrogens is 346 g/mol.